The van der Waals surface area contributed by atoms with Crippen molar-refractivity contribution in [3.8, 4) is 0 Å². The molecular weight excluding hydrogens is 561 g/mol. The van der Waals surface area contributed by atoms with Crippen molar-refractivity contribution in [3.05, 3.63) is 142 Å². The highest BCUT2D eigenvalue weighted by molar-refractivity contribution is 7.90. The van der Waals surface area contributed by atoms with Crippen molar-refractivity contribution >= 4 is 44.8 Å². The molecule has 4 aromatic carbocycles. The number of sulfonamides is 1. The molecule has 9 heteroatoms. The van der Waals surface area contributed by atoms with Crippen LogP contribution in [0.4, 0.5) is 4.39 Å². The molecule has 0 bridgehead atoms. The highest BCUT2D eigenvalue weighted by Gasteiger charge is 2.17. The van der Waals surface area contributed by atoms with E-state index in [0.717, 1.165) is 33.9 Å². The SMILES string of the molecule is CC/C(=C(/c1ccc(/C=C/C(=O)NS(=O)(=O)c2ccccc2)cc1)c1cccc(CN=N)c1)c1ccc(F)cc1Cl. The Bertz CT molecular complexity index is 1740. The van der Waals surface area contributed by atoms with Gasteiger partial charge in [-0.25, -0.2) is 23.1 Å². The lowest BCUT2D eigenvalue weighted by Crippen LogP contribution is -2.28. The standard InChI is InChI=1S/C32H27ClFN3O3S/c1-2-28(29-17-16-26(34)20-30(29)33)32(25-8-6-7-23(19-25)21-36-35)24-14-11-22(12-15-24)13-18-31(38)37-41(39,40)27-9-4-3-5-10-27/h3-20,35H,2,21H2,1H3,(H,37,38)/b18-13+,32-28+,36-35?. The van der Waals surface area contributed by atoms with Crippen molar-refractivity contribution in [2.24, 2.45) is 5.11 Å². The van der Waals surface area contributed by atoms with Gasteiger partial charge in [0.15, 0.2) is 0 Å². The molecule has 0 spiro atoms. The largest absolute Gasteiger partial charge is 0.269 e. The highest BCUT2D eigenvalue weighted by atomic mass is 35.5. The minimum absolute atomic E-state index is 0.00104. The third-order valence-electron chi connectivity index (χ3n) is 6.30. The van der Waals surface area contributed by atoms with Crippen LogP contribution in [0.25, 0.3) is 17.2 Å². The molecule has 208 valence electrons. The van der Waals surface area contributed by atoms with Gasteiger partial charge in [-0.3, -0.25) is 4.79 Å². The van der Waals surface area contributed by atoms with Crippen LogP contribution in [0.3, 0.4) is 0 Å². The lowest BCUT2D eigenvalue weighted by atomic mass is 9.87. The summed E-state index contributed by atoms with van der Waals surface area (Å²) in [7, 11) is -3.97. The van der Waals surface area contributed by atoms with Crippen molar-refractivity contribution in [2.75, 3.05) is 0 Å². The second-order valence-corrected chi connectivity index (χ2v) is 11.2. The fraction of sp³-hybridized carbons (Fsp3) is 0.0938. The van der Waals surface area contributed by atoms with Gasteiger partial charge >= 0.3 is 0 Å². The van der Waals surface area contributed by atoms with E-state index in [2.05, 4.69) is 5.11 Å². The first kappa shape index (κ1) is 29.6. The van der Waals surface area contributed by atoms with Gasteiger partial charge in [-0.05, 0) is 81.8 Å². The fourth-order valence-corrected chi connectivity index (χ4v) is 5.67. The molecule has 0 unspecified atom stereocenters. The lowest BCUT2D eigenvalue weighted by molar-refractivity contribution is -0.114. The molecule has 0 radical (unpaired) electrons. The van der Waals surface area contributed by atoms with Gasteiger partial charge in [-0.15, -0.1) is 0 Å². The Kier molecular flexibility index (Phi) is 9.60. The first-order valence-corrected chi connectivity index (χ1v) is 14.6. The van der Waals surface area contributed by atoms with E-state index in [4.69, 9.17) is 17.1 Å². The Morgan fingerprint density at radius 3 is 2.34 bits per heavy atom. The van der Waals surface area contributed by atoms with Crippen molar-refractivity contribution in [1.82, 2.24) is 4.72 Å². The zero-order chi connectivity index (χ0) is 29.4. The van der Waals surface area contributed by atoms with Gasteiger partial charge in [0, 0.05) is 6.08 Å². The lowest BCUT2D eigenvalue weighted by Gasteiger charge is -2.18. The molecule has 4 aromatic rings. The summed E-state index contributed by atoms with van der Waals surface area (Å²) in [4.78, 5) is 12.3. The molecule has 4 rings (SSSR count). The van der Waals surface area contributed by atoms with E-state index in [0.29, 0.717) is 22.6 Å². The van der Waals surface area contributed by atoms with Gasteiger partial charge in [0.25, 0.3) is 15.9 Å². The van der Waals surface area contributed by atoms with E-state index in [-0.39, 0.29) is 11.4 Å². The summed E-state index contributed by atoms with van der Waals surface area (Å²) in [5.74, 6) is -1.19. The van der Waals surface area contributed by atoms with E-state index in [9.17, 15) is 17.6 Å². The quantitative estimate of drug-likeness (QED) is 0.112. The Morgan fingerprint density at radius 1 is 0.951 bits per heavy atom. The Morgan fingerprint density at radius 2 is 1.68 bits per heavy atom. The van der Waals surface area contributed by atoms with Gasteiger partial charge in [-0.1, -0.05) is 85.3 Å². The Hall–Kier alpha value is -4.40. The van der Waals surface area contributed by atoms with Gasteiger partial charge in [-0.2, -0.15) is 5.11 Å². The summed E-state index contributed by atoms with van der Waals surface area (Å²) < 4.78 is 40.7. The third kappa shape index (κ3) is 7.42. The van der Waals surface area contributed by atoms with Crippen molar-refractivity contribution in [2.45, 2.75) is 24.8 Å². The topological polar surface area (TPSA) is 99.4 Å². The van der Waals surface area contributed by atoms with Crippen LogP contribution >= 0.6 is 11.6 Å². The van der Waals surface area contributed by atoms with Gasteiger partial charge in [0.05, 0.1) is 16.5 Å². The number of hydrogen-bond acceptors (Lipinski definition) is 5. The number of carbonyl (C=O) groups excluding carboxylic acids is 1. The number of nitrogens with zero attached hydrogens (tertiary/aromatic N) is 1. The maximum absolute atomic E-state index is 13.9. The van der Waals surface area contributed by atoms with Crippen LogP contribution in [0.15, 0.2) is 113 Å². The highest BCUT2D eigenvalue weighted by Crippen LogP contribution is 2.37. The number of amides is 1. The van der Waals surface area contributed by atoms with Gasteiger partial charge in [0.2, 0.25) is 0 Å². The molecule has 0 aromatic heterocycles. The molecule has 0 heterocycles. The van der Waals surface area contributed by atoms with Gasteiger partial charge in [0.1, 0.15) is 5.82 Å². The van der Waals surface area contributed by atoms with Crippen molar-refractivity contribution < 1.29 is 17.6 Å². The molecule has 0 fully saturated rings. The van der Waals surface area contributed by atoms with Crippen LogP contribution in [-0.4, -0.2) is 14.3 Å². The maximum atomic E-state index is 13.9. The second-order valence-electron chi connectivity index (χ2n) is 9.09. The monoisotopic (exact) mass is 587 g/mol. The average Bonchev–Trinajstić information content (AvgIpc) is 2.96. The summed E-state index contributed by atoms with van der Waals surface area (Å²) in [6, 6.07) is 27.1. The summed E-state index contributed by atoms with van der Waals surface area (Å²) in [5.41, 5.74) is 13.1. The molecule has 6 nitrogen and oxygen atoms in total. The molecule has 0 aliphatic heterocycles. The molecule has 0 aliphatic carbocycles. The first-order valence-electron chi connectivity index (χ1n) is 12.7. The summed E-state index contributed by atoms with van der Waals surface area (Å²) in [5, 5.41) is 3.80. The predicted octanol–water partition coefficient (Wildman–Crippen LogP) is 7.90. The normalized spacial score (nSPS) is 12.2. The fourth-order valence-electron chi connectivity index (χ4n) is 4.43. The number of hydrogen-bond donors (Lipinski definition) is 2. The minimum atomic E-state index is -3.97. The van der Waals surface area contributed by atoms with E-state index >= 15 is 0 Å². The Labute approximate surface area is 243 Å². The number of carbonyl (C=O) groups is 1. The second kappa shape index (κ2) is 13.3. The predicted molar refractivity (Wildman–Crippen MR) is 160 cm³/mol. The molecule has 0 aliphatic rings. The van der Waals surface area contributed by atoms with Crippen LogP contribution in [-0.2, 0) is 21.4 Å². The number of benzene rings is 4. The molecule has 0 saturated carbocycles. The summed E-state index contributed by atoms with van der Waals surface area (Å²) in [6.45, 7) is 2.24. The van der Waals surface area contributed by atoms with Crippen LogP contribution in [0.2, 0.25) is 5.02 Å². The third-order valence-corrected chi connectivity index (χ3v) is 7.98. The molecule has 41 heavy (non-hydrogen) atoms. The van der Waals surface area contributed by atoms with E-state index in [1.54, 1.807) is 24.3 Å². The zero-order valence-electron chi connectivity index (χ0n) is 22.1. The molecule has 0 atom stereocenters. The number of rotatable bonds is 10. The van der Waals surface area contributed by atoms with Crippen molar-refractivity contribution in [3.63, 3.8) is 0 Å². The van der Waals surface area contributed by atoms with Crippen molar-refractivity contribution in [1.29, 1.82) is 5.53 Å². The Balaban J connectivity index is 1.69. The van der Waals surface area contributed by atoms with Crippen LogP contribution < -0.4 is 4.72 Å². The minimum Gasteiger partial charge on any atom is -0.269 e. The van der Waals surface area contributed by atoms with E-state index in [1.807, 2.05) is 60.2 Å². The smallest absolute Gasteiger partial charge is 0.264 e. The van der Waals surface area contributed by atoms with Crippen LogP contribution in [0, 0.1) is 11.3 Å². The van der Waals surface area contributed by atoms with Crippen LogP contribution in [0.1, 0.15) is 41.2 Å². The number of nitrogens with one attached hydrogen (secondary N) is 2. The molecule has 0 saturated heterocycles. The number of halogens is 2. The number of allylic oxidation sites excluding steroid dienone is 1. The zero-order valence-corrected chi connectivity index (χ0v) is 23.7. The van der Waals surface area contributed by atoms with E-state index in [1.165, 1.54) is 30.3 Å². The van der Waals surface area contributed by atoms with Crippen LogP contribution in [0.5, 0.6) is 0 Å². The average molecular weight is 588 g/mol. The summed E-state index contributed by atoms with van der Waals surface area (Å²) in [6.07, 6.45) is 3.29. The molecular formula is C32H27ClFN3O3S. The van der Waals surface area contributed by atoms with Gasteiger partial charge < -0.3 is 0 Å². The molecule has 1 amide bonds. The molecule has 2 N–H and O–H groups in total. The summed E-state index contributed by atoms with van der Waals surface area (Å²) >= 11 is 6.48. The van der Waals surface area contributed by atoms with E-state index < -0.39 is 21.7 Å². The maximum Gasteiger partial charge on any atom is 0.264 e. The first-order chi connectivity index (χ1) is 19.7.